The van der Waals surface area contributed by atoms with E-state index in [1.165, 1.54) is 6.42 Å². The highest BCUT2D eigenvalue weighted by molar-refractivity contribution is 5.77. The Bertz CT molecular complexity index is 758. The van der Waals surface area contributed by atoms with Crippen LogP contribution in [0.4, 0.5) is 4.79 Å². The molecule has 4 rings (SSSR count). The summed E-state index contributed by atoms with van der Waals surface area (Å²) in [6.07, 6.45) is 8.66. The van der Waals surface area contributed by atoms with Gasteiger partial charge in [-0.1, -0.05) is 33.1 Å². The Morgan fingerprint density at radius 3 is 2.43 bits per heavy atom. The molecule has 4 fully saturated rings. The highest BCUT2D eigenvalue weighted by Gasteiger charge is 2.60. The lowest BCUT2D eigenvalue weighted by Crippen LogP contribution is -2.61. The third-order valence-corrected chi connectivity index (χ3v) is 10.2. The molecule has 3 aliphatic carbocycles. The minimum Gasteiger partial charge on any atom is -0.446 e. The van der Waals surface area contributed by atoms with Gasteiger partial charge in [0.2, 0.25) is 5.91 Å². The van der Waals surface area contributed by atoms with Crippen LogP contribution in [0.2, 0.25) is 0 Å². The smallest absolute Gasteiger partial charge is 0.407 e. The first-order valence-electron chi connectivity index (χ1n) is 13.9. The molecule has 4 N–H and O–H groups in total. The lowest BCUT2D eigenvalue weighted by atomic mass is 9.46. The van der Waals surface area contributed by atoms with E-state index in [0.29, 0.717) is 19.4 Å². The first-order chi connectivity index (χ1) is 16.7. The van der Waals surface area contributed by atoms with Crippen LogP contribution in [0.5, 0.6) is 0 Å². The van der Waals surface area contributed by atoms with Gasteiger partial charge in [0.05, 0.1) is 25.4 Å². The first kappa shape index (κ1) is 26.7. The number of likely N-dealkylation sites (tertiary alicyclic amines) is 1. The SMILES string of the molecule is C[C@]1(CO)C2CC[C@@H](O)[C@@H](CC(=O)N3CCC[C@H]3CO)[C@]2(C)CC[C@H]1OC(=O)NC1CCCCC1. The summed E-state index contributed by atoms with van der Waals surface area (Å²) in [6.45, 7) is 4.69. The third-order valence-electron chi connectivity index (χ3n) is 10.2. The minimum atomic E-state index is -0.639. The van der Waals surface area contributed by atoms with Gasteiger partial charge < -0.3 is 30.3 Å². The molecule has 0 radical (unpaired) electrons. The number of amides is 2. The Hall–Kier alpha value is -1.38. The van der Waals surface area contributed by atoms with E-state index in [-0.39, 0.29) is 54.9 Å². The number of carbonyl (C=O) groups excluding carboxylic acids is 2. The summed E-state index contributed by atoms with van der Waals surface area (Å²) in [7, 11) is 0. The molecule has 0 aromatic heterocycles. The van der Waals surface area contributed by atoms with E-state index in [4.69, 9.17) is 4.74 Å². The Kier molecular flexibility index (Phi) is 8.33. The maximum absolute atomic E-state index is 13.3. The number of aliphatic hydroxyl groups is 3. The topological polar surface area (TPSA) is 119 Å². The molecular formula is C27H46N2O6. The maximum Gasteiger partial charge on any atom is 0.407 e. The minimum absolute atomic E-state index is 0.00316. The summed E-state index contributed by atoms with van der Waals surface area (Å²) in [5.74, 6) is -0.199. The third kappa shape index (κ3) is 5.21. The van der Waals surface area contributed by atoms with Crippen molar-refractivity contribution in [3.63, 3.8) is 0 Å². The number of fused-ring (bicyclic) bond motifs is 1. The number of hydrogen-bond acceptors (Lipinski definition) is 6. The molecule has 0 bridgehead atoms. The molecular weight excluding hydrogens is 448 g/mol. The molecule has 8 heteroatoms. The molecule has 1 aliphatic heterocycles. The summed E-state index contributed by atoms with van der Waals surface area (Å²) < 4.78 is 5.97. The van der Waals surface area contributed by atoms with E-state index >= 15 is 0 Å². The van der Waals surface area contributed by atoms with Gasteiger partial charge in [0, 0.05) is 24.4 Å². The number of alkyl carbamates (subject to hydrolysis) is 1. The zero-order chi connectivity index (χ0) is 25.2. The van der Waals surface area contributed by atoms with Crippen molar-refractivity contribution >= 4 is 12.0 Å². The Labute approximate surface area is 209 Å². The largest absolute Gasteiger partial charge is 0.446 e. The Morgan fingerprint density at radius 1 is 1.00 bits per heavy atom. The predicted molar refractivity (Wildman–Crippen MR) is 131 cm³/mol. The molecule has 2 amide bonds. The van der Waals surface area contributed by atoms with Gasteiger partial charge >= 0.3 is 6.09 Å². The van der Waals surface area contributed by atoms with E-state index in [1.807, 2.05) is 6.92 Å². The second-order valence-corrected chi connectivity index (χ2v) is 12.2. The molecule has 8 nitrogen and oxygen atoms in total. The highest BCUT2D eigenvalue weighted by Crippen LogP contribution is 2.61. The zero-order valence-corrected chi connectivity index (χ0v) is 21.6. The normalized spacial score (nSPS) is 40.3. The van der Waals surface area contributed by atoms with Crippen molar-refractivity contribution in [2.45, 2.75) is 115 Å². The van der Waals surface area contributed by atoms with Gasteiger partial charge in [0.15, 0.2) is 0 Å². The van der Waals surface area contributed by atoms with Crippen molar-refractivity contribution in [3.05, 3.63) is 0 Å². The van der Waals surface area contributed by atoms with Crippen molar-refractivity contribution in [1.82, 2.24) is 10.2 Å². The van der Waals surface area contributed by atoms with Crippen LogP contribution in [0.1, 0.15) is 90.9 Å². The van der Waals surface area contributed by atoms with E-state index in [1.54, 1.807) is 4.90 Å². The monoisotopic (exact) mass is 494 g/mol. The standard InChI is InChI=1S/C27H46N2O6/c1-26-13-12-23(35-25(34)28-18-7-4-3-5-8-18)27(2,17-31)22(26)11-10-21(32)20(26)15-24(33)29-14-6-9-19(29)16-30/h18-23,30-32H,3-17H2,1-2H3,(H,28,34)/t19-,20+,21+,22?,23+,26-,27-/m0/s1. The van der Waals surface area contributed by atoms with E-state index in [9.17, 15) is 24.9 Å². The predicted octanol–water partition coefficient (Wildman–Crippen LogP) is 2.97. The summed E-state index contributed by atoms with van der Waals surface area (Å²) >= 11 is 0. The highest BCUT2D eigenvalue weighted by atomic mass is 16.6. The number of aliphatic hydroxyl groups excluding tert-OH is 3. The number of hydrogen-bond donors (Lipinski definition) is 4. The number of rotatable bonds is 6. The maximum atomic E-state index is 13.3. The molecule has 4 aliphatic rings. The Balaban J connectivity index is 1.47. The van der Waals surface area contributed by atoms with Crippen LogP contribution in [-0.2, 0) is 9.53 Å². The molecule has 3 saturated carbocycles. The molecule has 200 valence electrons. The lowest BCUT2D eigenvalue weighted by molar-refractivity contribution is -0.187. The molecule has 0 aromatic carbocycles. The van der Waals surface area contributed by atoms with Crippen LogP contribution < -0.4 is 5.32 Å². The molecule has 1 saturated heterocycles. The van der Waals surface area contributed by atoms with Crippen molar-refractivity contribution in [1.29, 1.82) is 0 Å². The van der Waals surface area contributed by atoms with Gasteiger partial charge in [-0.2, -0.15) is 0 Å². The molecule has 35 heavy (non-hydrogen) atoms. The van der Waals surface area contributed by atoms with E-state index < -0.39 is 23.7 Å². The van der Waals surface area contributed by atoms with Gasteiger partial charge in [0.1, 0.15) is 6.10 Å². The Morgan fingerprint density at radius 2 is 1.74 bits per heavy atom. The van der Waals surface area contributed by atoms with Crippen LogP contribution in [-0.4, -0.2) is 76.3 Å². The summed E-state index contributed by atoms with van der Waals surface area (Å²) in [4.78, 5) is 27.8. The summed E-state index contributed by atoms with van der Waals surface area (Å²) in [6, 6.07) is 0.0420. The summed E-state index contributed by atoms with van der Waals surface area (Å²) in [5, 5.41) is 34.4. The van der Waals surface area contributed by atoms with Crippen LogP contribution in [0.15, 0.2) is 0 Å². The van der Waals surface area contributed by atoms with Crippen molar-refractivity contribution in [3.8, 4) is 0 Å². The quantitative estimate of drug-likeness (QED) is 0.451. The lowest BCUT2D eigenvalue weighted by Gasteiger charge is -2.60. The fourth-order valence-corrected chi connectivity index (χ4v) is 8.02. The van der Waals surface area contributed by atoms with Crippen LogP contribution in [0.25, 0.3) is 0 Å². The van der Waals surface area contributed by atoms with Crippen molar-refractivity contribution in [2.24, 2.45) is 22.7 Å². The summed E-state index contributed by atoms with van der Waals surface area (Å²) in [5.41, 5.74) is -0.988. The van der Waals surface area contributed by atoms with Gasteiger partial charge in [-0.25, -0.2) is 4.79 Å². The average Bonchev–Trinajstić information content (AvgIpc) is 3.33. The zero-order valence-electron chi connectivity index (χ0n) is 21.6. The van der Waals surface area contributed by atoms with Crippen molar-refractivity contribution in [2.75, 3.05) is 19.8 Å². The average molecular weight is 495 g/mol. The number of nitrogens with zero attached hydrogens (tertiary/aromatic N) is 1. The van der Waals surface area contributed by atoms with Crippen LogP contribution in [0.3, 0.4) is 0 Å². The fourth-order valence-electron chi connectivity index (χ4n) is 8.02. The molecule has 7 atom stereocenters. The van der Waals surface area contributed by atoms with E-state index in [0.717, 1.165) is 51.4 Å². The van der Waals surface area contributed by atoms with Gasteiger partial charge in [0.25, 0.3) is 0 Å². The molecule has 1 unspecified atom stereocenters. The number of ether oxygens (including phenoxy) is 1. The fraction of sp³-hybridized carbons (Fsp3) is 0.926. The van der Waals surface area contributed by atoms with Gasteiger partial charge in [-0.3, -0.25) is 4.79 Å². The van der Waals surface area contributed by atoms with Crippen LogP contribution in [0, 0.1) is 22.7 Å². The second-order valence-electron chi connectivity index (χ2n) is 12.2. The second kappa shape index (κ2) is 10.9. The number of nitrogens with one attached hydrogen (secondary N) is 1. The van der Waals surface area contributed by atoms with Gasteiger partial charge in [-0.15, -0.1) is 0 Å². The van der Waals surface area contributed by atoms with Crippen molar-refractivity contribution < 1.29 is 29.6 Å². The van der Waals surface area contributed by atoms with Crippen LogP contribution >= 0.6 is 0 Å². The van der Waals surface area contributed by atoms with Gasteiger partial charge in [-0.05, 0) is 68.6 Å². The van der Waals surface area contributed by atoms with E-state index in [2.05, 4.69) is 12.2 Å². The number of carbonyl (C=O) groups is 2. The molecule has 0 aromatic rings. The first-order valence-corrected chi connectivity index (χ1v) is 13.9. The molecule has 1 heterocycles. The molecule has 0 spiro atoms.